The molecule has 1 saturated heterocycles. The van der Waals surface area contributed by atoms with Gasteiger partial charge in [0.1, 0.15) is 17.6 Å². The van der Waals surface area contributed by atoms with E-state index in [4.69, 9.17) is 16.3 Å². The Kier molecular flexibility index (Phi) is 3.54. The molecular weight excluding hydrogens is 238 g/mol. The Bertz CT molecular complexity index is 409. The molecule has 1 aliphatic rings. The molecule has 1 fully saturated rings. The van der Waals surface area contributed by atoms with Gasteiger partial charge in [-0.2, -0.15) is 0 Å². The summed E-state index contributed by atoms with van der Waals surface area (Å²) in [6.07, 6.45) is 2.36. The van der Waals surface area contributed by atoms with Crippen LogP contribution in [0.25, 0.3) is 0 Å². The molecule has 1 aromatic heterocycles. The van der Waals surface area contributed by atoms with E-state index < -0.39 is 0 Å². The van der Waals surface area contributed by atoms with Gasteiger partial charge >= 0.3 is 0 Å². The maximum atomic E-state index is 6.02. The predicted octanol–water partition coefficient (Wildman–Crippen LogP) is 2.66. The molecule has 2 rings (SSSR count). The van der Waals surface area contributed by atoms with Crippen molar-refractivity contribution < 1.29 is 4.74 Å². The standard InChI is InChI=1S/C12H18ClN3O/c1-12(2)5-4-6-16(12)11-7-9(13)14-10(15-11)8-17-3/h7H,4-6,8H2,1-3H3. The highest BCUT2D eigenvalue weighted by molar-refractivity contribution is 6.29. The zero-order valence-electron chi connectivity index (χ0n) is 10.5. The molecule has 0 unspecified atom stereocenters. The summed E-state index contributed by atoms with van der Waals surface area (Å²) in [6.45, 7) is 5.87. The lowest BCUT2D eigenvalue weighted by Gasteiger charge is -2.32. The van der Waals surface area contributed by atoms with Crippen molar-refractivity contribution >= 4 is 17.4 Å². The minimum Gasteiger partial charge on any atom is -0.377 e. The fraction of sp³-hybridized carbons (Fsp3) is 0.667. The molecule has 0 atom stereocenters. The number of rotatable bonds is 3. The number of anilines is 1. The zero-order valence-corrected chi connectivity index (χ0v) is 11.3. The first-order valence-corrected chi connectivity index (χ1v) is 6.21. The van der Waals surface area contributed by atoms with Crippen LogP contribution in [0, 0.1) is 0 Å². The van der Waals surface area contributed by atoms with Gasteiger partial charge in [0.05, 0.1) is 0 Å². The maximum absolute atomic E-state index is 6.02. The first-order chi connectivity index (χ1) is 8.03. The van der Waals surface area contributed by atoms with Gasteiger partial charge in [0.25, 0.3) is 0 Å². The Hall–Kier alpha value is -0.870. The molecular formula is C12H18ClN3O. The number of nitrogens with zero attached hydrogens (tertiary/aromatic N) is 3. The number of aromatic nitrogens is 2. The fourth-order valence-corrected chi connectivity index (χ4v) is 2.51. The van der Waals surface area contributed by atoms with Gasteiger partial charge in [0, 0.05) is 25.3 Å². The van der Waals surface area contributed by atoms with E-state index in [1.807, 2.05) is 6.07 Å². The average Bonchev–Trinajstić information content (AvgIpc) is 2.57. The molecule has 0 saturated carbocycles. The lowest BCUT2D eigenvalue weighted by Crippen LogP contribution is -2.38. The van der Waals surface area contributed by atoms with Crippen LogP contribution in [0.4, 0.5) is 5.82 Å². The number of hydrogen-bond acceptors (Lipinski definition) is 4. The average molecular weight is 256 g/mol. The lowest BCUT2D eigenvalue weighted by atomic mass is 10.0. The van der Waals surface area contributed by atoms with Crippen molar-refractivity contribution in [2.24, 2.45) is 0 Å². The van der Waals surface area contributed by atoms with Gasteiger partial charge in [-0.25, -0.2) is 9.97 Å². The van der Waals surface area contributed by atoms with Crippen LogP contribution in [-0.4, -0.2) is 29.2 Å². The van der Waals surface area contributed by atoms with Gasteiger partial charge in [0.15, 0.2) is 5.82 Å². The molecule has 0 radical (unpaired) electrons. The van der Waals surface area contributed by atoms with Gasteiger partial charge in [-0.1, -0.05) is 11.6 Å². The quantitative estimate of drug-likeness (QED) is 0.779. The fourth-order valence-electron chi connectivity index (χ4n) is 2.32. The first-order valence-electron chi connectivity index (χ1n) is 5.83. The Labute approximate surface area is 107 Å². The van der Waals surface area contributed by atoms with E-state index in [2.05, 4.69) is 28.7 Å². The smallest absolute Gasteiger partial charge is 0.158 e. The zero-order chi connectivity index (χ0) is 12.5. The largest absolute Gasteiger partial charge is 0.377 e. The molecule has 5 heteroatoms. The number of methoxy groups -OCH3 is 1. The Balaban J connectivity index is 2.31. The van der Waals surface area contributed by atoms with E-state index in [9.17, 15) is 0 Å². The van der Waals surface area contributed by atoms with Gasteiger partial charge in [-0.3, -0.25) is 0 Å². The van der Waals surface area contributed by atoms with Crippen molar-refractivity contribution in [1.29, 1.82) is 0 Å². The van der Waals surface area contributed by atoms with Crippen LogP contribution in [0.15, 0.2) is 6.07 Å². The van der Waals surface area contributed by atoms with Crippen LogP contribution < -0.4 is 4.90 Å². The van der Waals surface area contributed by atoms with Gasteiger partial charge < -0.3 is 9.64 Å². The summed E-state index contributed by atoms with van der Waals surface area (Å²) in [4.78, 5) is 10.9. The normalized spacial score (nSPS) is 18.7. The third kappa shape index (κ3) is 2.69. The van der Waals surface area contributed by atoms with Gasteiger partial charge in [0.2, 0.25) is 0 Å². The molecule has 0 aliphatic carbocycles. The monoisotopic (exact) mass is 255 g/mol. The third-order valence-corrected chi connectivity index (χ3v) is 3.37. The molecule has 0 N–H and O–H groups in total. The lowest BCUT2D eigenvalue weighted by molar-refractivity contribution is 0.178. The van der Waals surface area contributed by atoms with E-state index in [1.54, 1.807) is 7.11 Å². The van der Waals surface area contributed by atoms with E-state index in [0.29, 0.717) is 17.6 Å². The van der Waals surface area contributed by atoms with Crippen LogP contribution >= 0.6 is 11.6 Å². The second kappa shape index (κ2) is 4.78. The van der Waals surface area contributed by atoms with E-state index in [1.165, 1.54) is 12.8 Å². The highest BCUT2D eigenvalue weighted by Crippen LogP contribution is 2.33. The SMILES string of the molecule is COCc1nc(Cl)cc(N2CCCC2(C)C)n1. The van der Waals surface area contributed by atoms with Crippen LogP contribution in [0.2, 0.25) is 5.15 Å². The van der Waals surface area contributed by atoms with E-state index in [0.717, 1.165) is 12.4 Å². The number of ether oxygens (including phenoxy) is 1. The minimum atomic E-state index is 0.141. The molecule has 4 nitrogen and oxygen atoms in total. The molecule has 2 heterocycles. The molecule has 0 aromatic carbocycles. The van der Waals surface area contributed by atoms with E-state index in [-0.39, 0.29) is 5.54 Å². The van der Waals surface area contributed by atoms with Crippen molar-refractivity contribution in [1.82, 2.24) is 9.97 Å². The molecule has 0 bridgehead atoms. The van der Waals surface area contributed by atoms with Crippen LogP contribution in [-0.2, 0) is 11.3 Å². The second-order valence-electron chi connectivity index (χ2n) is 4.97. The van der Waals surface area contributed by atoms with Crippen molar-refractivity contribution in [2.45, 2.75) is 38.8 Å². The minimum absolute atomic E-state index is 0.141. The molecule has 94 valence electrons. The number of hydrogen-bond donors (Lipinski definition) is 0. The summed E-state index contributed by atoms with van der Waals surface area (Å²) in [5.74, 6) is 1.54. The van der Waals surface area contributed by atoms with Crippen molar-refractivity contribution in [3.63, 3.8) is 0 Å². The Morgan fingerprint density at radius 3 is 2.82 bits per heavy atom. The summed E-state index contributed by atoms with van der Waals surface area (Å²) < 4.78 is 5.05. The summed E-state index contributed by atoms with van der Waals surface area (Å²) in [5.41, 5.74) is 0.141. The van der Waals surface area contributed by atoms with Crippen molar-refractivity contribution in [2.75, 3.05) is 18.6 Å². The van der Waals surface area contributed by atoms with Crippen molar-refractivity contribution in [3.05, 3.63) is 17.0 Å². The molecule has 1 aromatic rings. The summed E-state index contributed by atoms with van der Waals surface area (Å²) in [6, 6.07) is 1.83. The summed E-state index contributed by atoms with van der Waals surface area (Å²) in [5, 5.41) is 0.477. The number of halogens is 1. The maximum Gasteiger partial charge on any atom is 0.158 e. The topological polar surface area (TPSA) is 38.2 Å². The van der Waals surface area contributed by atoms with E-state index >= 15 is 0 Å². The molecule has 1 aliphatic heterocycles. The van der Waals surface area contributed by atoms with Crippen LogP contribution in [0.1, 0.15) is 32.5 Å². The molecule has 17 heavy (non-hydrogen) atoms. The first kappa shape index (κ1) is 12.6. The van der Waals surface area contributed by atoms with Crippen molar-refractivity contribution in [3.8, 4) is 0 Å². The van der Waals surface area contributed by atoms with Gasteiger partial charge in [-0.15, -0.1) is 0 Å². The van der Waals surface area contributed by atoms with Crippen LogP contribution in [0.3, 0.4) is 0 Å². The highest BCUT2D eigenvalue weighted by Gasteiger charge is 2.33. The Morgan fingerprint density at radius 1 is 1.47 bits per heavy atom. The Morgan fingerprint density at radius 2 is 2.24 bits per heavy atom. The molecule has 0 amide bonds. The second-order valence-corrected chi connectivity index (χ2v) is 5.35. The third-order valence-electron chi connectivity index (χ3n) is 3.18. The van der Waals surface area contributed by atoms with Gasteiger partial charge in [-0.05, 0) is 26.7 Å². The summed E-state index contributed by atoms with van der Waals surface area (Å²) >= 11 is 6.02. The van der Waals surface area contributed by atoms with Crippen LogP contribution in [0.5, 0.6) is 0 Å². The summed E-state index contributed by atoms with van der Waals surface area (Å²) in [7, 11) is 1.63. The predicted molar refractivity (Wildman–Crippen MR) is 68.4 cm³/mol. The molecule has 0 spiro atoms. The highest BCUT2D eigenvalue weighted by atomic mass is 35.5.